The summed E-state index contributed by atoms with van der Waals surface area (Å²) in [6.45, 7) is 1.96. The standard InChI is InChI=1S/C16H20F3NO2/c1-21-14-6-4-13(5-7-14)3-2-10-20-11-8-15(9-12-20)22-16(17,18)19/h2-7,15H,8-12H2,1H3/b3-2+. The van der Waals surface area contributed by atoms with Gasteiger partial charge in [0.1, 0.15) is 5.75 Å². The van der Waals surface area contributed by atoms with Crippen molar-refractivity contribution < 1.29 is 22.6 Å². The van der Waals surface area contributed by atoms with E-state index in [0.29, 0.717) is 25.9 Å². The van der Waals surface area contributed by atoms with E-state index in [-0.39, 0.29) is 0 Å². The molecule has 0 saturated carbocycles. The van der Waals surface area contributed by atoms with E-state index < -0.39 is 12.5 Å². The highest BCUT2D eigenvalue weighted by molar-refractivity contribution is 5.50. The monoisotopic (exact) mass is 315 g/mol. The van der Waals surface area contributed by atoms with E-state index >= 15 is 0 Å². The number of ether oxygens (including phenoxy) is 2. The van der Waals surface area contributed by atoms with E-state index in [1.54, 1.807) is 7.11 Å². The summed E-state index contributed by atoms with van der Waals surface area (Å²) in [4.78, 5) is 2.12. The summed E-state index contributed by atoms with van der Waals surface area (Å²) in [7, 11) is 1.62. The number of halogens is 3. The van der Waals surface area contributed by atoms with Gasteiger partial charge in [-0.3, -0.25) is 9.64 Å². The van der Waals surface area contributed by atoms with Crippen LogP contribution in [0, 0.1) is 0 Å². The number of benzene rings is 1. The maximum absolute atomic E-state index is 12.1. The molecule has 0 amide bonds. The van der Waals surface area contributed by atoms with Crippen LogP contribution in [-0.2, 0) is 4.74 Å². The lowest BCUT2D eigenvalue weighted by Gasteiger charge is -2.31. The first-order valence-corrected chi connectivity index (χ1v) is 7.24. The van der Waals surface area contributed by atoms with E-state index in [1.165, 1.54) is 0 Å². The largest absolute Gasteiger partial charge is 0.522 e. The number of nitrogens with zero attached hydrogens (tertiary/aromatic N) is 1. The third-order valence-electron chi connectivity index (χ3n) is 3.62. The van der Waals surface area contributed by atoms with Crippen LogP contribution in [0.3, 0.4) is 0 Å². The van der Waals surface area contributed by atoms with Gasteiger partial charge in [-0.25, -0.2) is 0 Å². The Hall–Kier alpha value is -1.53. The second kappa shape index (κ2) is 7.65. The fourth-order valence-electron chi connectivity index (χ4n) is 2.45. The third-order valence-corrected chi connectivity index (χ3v) is 3.62. The summed E-state index contributed by atoms with van der Waals surface area (Å²) in [5.74, 6) is 0.809. The average molecular weight is 315 g/mol. The molecule has 0 bridgehead atoms. The van der Waals surface area contributed by atoms with Crippen molar-refractivity contribution >= 4 is 6.08 Å². The number of methoxy groups -OCH3 is 1. The topological polar surface area (TPSA) is 21.7 Å². The summed E-state index contributed by atoms with van der Waals surface area (Å²) < 4.78 is 45.5. The zero-order chi connectivity index (χ0) is 16.0. The normalized spacial score (nSPS) is 18.0. The molecule has 1 aromatic rings. The van der Waals surface area contributed by atoms with Gasteiger partial charge in [0, 0.05) is 19.6 Å². The van der Waals surface area contributed by atoms with Crippen LogP contribution < -0.4 is 4.74 Å². The lowest BCUT2D eigenvalue weighted by molar-refractivity contribution is -0.345. The van der Waals surface area contributed by atoms with Crippen LogP contribution >= 0.6 is 0 Å². The van der Waals surface area contributed by atoms with E-state index in [2.05, 4.69) is 9.64 Å². The van der Waals surface area contributed by atoms with Crippen molar-refractivity contribution in [2.75, 3.05) is 26.7 Å². The molecule has 1 aliphatic heterocycles. The number of likely N-dealkylation sites (tertiary alicyclic amines) is 1. The first kappa shape index (κ1) is 16.8. The Labute approximate surface area is 128 Å². The highest BCUT2D eigenvalue weighted by Crippen LogP contribution is 2.24. The van der Waals surface area contributed by atoms with E-state index in [9.17, 15) is 13.2 Å². The number of rotatable bonds is 5. The number of hydrogen-bond acceptors (Lipinski definition) is 3. The van der Waals surface area contributed by atoms with Crippen molar-refractivity contribution in [2.24, 2.45) is 0 Å². The molecule has 2 rings (SSSR count). The predicted molar refractivity (Wildman–Crippen MR) is 78.6 cm³/mol. The van der Waals surface area contributed by atoms with Gasteiger partial charge in [-0.05, 0) is 30.5 Å². The molecular formula is C16H20F3NO2. The van der Waals surface area contributed by atoms with E-state index in [4.69, 9.17) is 4.74 Å². The van der Waals surface area contributed by atoms with Crippen LogP contribution in [0.5, 0.6) is 5.75 Å². The van der Waals surface area contributed by atoms with Crippen molar-refractivity contribution in [3.05, 3.63) is 35.9 Å². The van der Waals surface area contributed by atoms with Crippen LogP contribution in [0.15, 0.2) is 30.3 Å². The van der Waals surface area contributed by atoms with Gasteiger partial charge in [-0.15, -0.1) is 13.2 Å². The fourth-order valence-corrected chi connectivity index (χ4v) is 2.45. The van der Waals surface area contributed by atoms with Gasteiger partial charge < -0.3 is 4.74 Å². The molecule has 1 heterocycles. The Kier molecular flexibility index (Phi) is 5.85. The molecule has 0 spiro atoms. The molecule has 0 atom stereocenters. The van der Waals surface area contributed by atoms with Crippen LogP contribution in [0.25, 0.3) is 6.08 Å². The van der Waals surface area contributed by atoms with Crippen molar-refractivity contribution in [1.29, 1.82) is 0 Å². The molecule has 1 saturated heterocycles. The Balaban J connectivity index is 1.73. The molecule has 6 heteroatoms. The van der Waals surface area contributed by atoms with Gasteiger partial charge >= 0.3 is 6.36 Å². The summed E-state index contributed by atoms with van der Waals surface area (Å²) in [5.41, 5.74) is 1.07. The third kappa shape index (κ3) is 5.69. The molecular weight excluding hydrogens is 295 g/mol. The average Bonchev–Trinajstić information content (AvgIpc) is 2.48. The molecule has 122 valence electrons. The maximum Gasteiger partial charge on any atom is 0.522 e. The van der Waals surface area contributed by atoms with Gasteiger partial charge in [0.15, 0.2) is 0 Å². The smallest absolute Gasteiger partial charge is 0.497 e. The van der Waals surface area contributed by atoms with Gasteiger partial charge in [-0.1, -0.05) is 24.3 Å². The molecule has 1 aromatic carbocycles. The number of hydrogen-bond donors (Lipinski definition) is 0. The zero-order valence-electron chi connectivity index (χ0n) is 12.5. The lowest BCUT2D eigenvalue weighted by Crippen LogP contribution is -2.39. The van der Waals surface area contributed by atoms with E-state index in [0.717, 1.165) is 17.9 Å². The van der Waals surface area contributed by atoms with Gasteiger partial charge in [0.05, 0.1) is 13.2 Å². The van der Waals surface area contributed by atoms with Crippen LogP contribution in [0.2, 0.25) is 0 Å². The minimum absolute atomic E-state index is 0.413. The summed E-state index contributed by atoms with van der Waals surface area (Å²) in [6.07, 6.45) is -0.390. The quantitative estimate of drug-likeness (QED) is 0.827. The molecule has 22 heavy (non-hydrogen) atoms. The molecule has 3 nitrogen and oxygen atoms in total. The van der Waals surface area contributed by atoms with Crippen LogP contribution in [0.4, 0.5) is 13.2 Å². The molecule has 0 radical (unpaired) electrons. The minimum atomic E-state index is -4.53. The van der Waals surface area contributed by atoms with Crippen LogP contribution in [-0.4, -0.2) is 44.1 Å². The lowest BCUT2D eigenvalue weighted by atomic mass is 10.1. The molecule has 0 unspecified atom stereocenters. The molecule has 1 fully saturated rings. The first-order chi connectivity index (χ1) is 10.5. The van der Waals surface area contributed by atoms with Crippen molar-refractivity contribution in [1.82, 2.24) is 4.90 Å². The van der Waals surface area contributed by atoms with Gasteiger partial charge in [0.2, 0.25) is 0 Å². The van der Waals surface area contributed by atoms with Crippen molar-refractivity contribution in [3.8, 4) is 5.75 Å². The number of alkyl halides is 3. The number of piperidine rings is 1. The highest BCUT2D eigenvalue weighted by atomic mass is 19.4. The Bertz CT molecular complexity index is 477. The SMILES string of the molecule is COc1ccc(/C=C/CN2CCC(OC(F)(F)F)CC2)cc1. The fraction of sp³-hybridized carbons (Fsp3) is 0.500. The molecule has 1 aliphatic rings. The summed E-state index contributed by atoms with van der Waals surface area (Å²) in [6, 6.07) is 7.69. The summed E-state index contributed by atoms with van der Waals surface area (Å²) >= 11 is 0. The maximum atomic E-state index is 12.1. The van der Waals surface area contributed by atoms with Gasteiger partial charge in [0.25, 0.3) is 0 Å². The molecule has 0 aromatic heterocycles. The second-order valence-corrected chi connectivity index (χ2v) is 5.24. The second-order valence-electron chi connectivity index (χ2n) is 5.24. The Morgan fingerprint density at radius 3 is 2.36 bits per heavy atom. The summed E-state index contributed by atoms with van der Waals surface area (Å²) in [5, 5.41) is 0. The first-order valence-electron chi connectivity index (χ1n) is 7.24. The van der Waals surface area contributed by atoms with E-state index in [1.807, 2.05) is 36.4 Å². The Morgan fingerprint density at radius 1 is 1.18 bits per heavy atom. The predicted octanol–water partition coefficient (Wildman–Crippen LogP) is 3.71. The minimum Gasteiger partial charge on any atom is -0.497 e. The molecule has 0 N–H and O–H groups in total. The Morgan fingerprint density at radius 2 is 1.82 bits per heavy atom. The van der Waals surface area contributed by atoms with Gasteiger partial charge in [-0.2, -0.15) is 0 Å². The highest BCUT2D eigenvalue weighted by Gasteiger charge is 2.34. The molecule has 0 aliphatic carbocycles. The van der Waals surface area contributed by atoms with Crippen molar-refractivity contribution in [2.45, 2.75) is 25.3 Å². The zero-order valence-corrected chi connectivity index (χ0v) is 12.5. The van der Waals surface area contributed by atoms with Crippen molar-refractivity contribution in [3.63, 3.8) is 0 Å². The van der Waals surface area contributed by atoms with Crippen LogP contribution in [0.1, 0.15) is 18.4 Å².